The van der Waals surface area contributed by atoms with E-state index in [1.54, 1.807) is 49.4 Å². The van der Waals surface area contributed by atoms with Crippen LogP contribution in [0.15, 0.2) is 48.5 Å². The Hall–Kier alpha value is -3.21. The Morgan fingerprint density at radius 3 is 2.15 bits per heavy atom. The van der Waals surface area contributed by atoms with Gasteiger partial charge in [-0.25, -0.2) is 9.59 Å². The maximum Gasteiger partial charge on any atom is 0.337 e. The van der Waals surface area contributed by atoms with E-state index in [2.05, 4.69) is 4.74 Å². The molecule has 1 atom stereocenters. The molecule has 2 aromatic carbocycles. The van der Waals surface area contributed by atoms with Crippen LogP contribution in [-0.4, -0.2) is 30.9 Å². The van der Waals surface area contributed by atoms with E-state index in [-0.39, 0.29) is 5.78 Å². The first-order valence-electron chi connectivity index (χ1n) is 8.50. The molecule has 0 amide bonds. The van der Waals surface area contributed by atoms with Crippen molar-refractivity contribution < 1.29 is 23.9 Å². The molecule has 5 nitrogen and oxygen atoms in total. The predicted octanol–water partition coefficient (Wildman–Crippen LogP) is 3.92. The van der Waals surface area contributed by atoms with Gasteiger partial charge in [0.25, 0.3) is 0 Å². The van der Waals surface area contributed by atoms with Gasteiger partial charge in [0.15, 0.2) is 6.10 Å². The molecule has 0 saturated heterocycles. The normalized spacial score (nSPS) is 11.9. The smallest absolute Gasteiger partial charge is 0.337 e. The molecule has 2 rings (SSSR count). The van der Waals surface area contributed by atoms with Crippen LogP contribution >= 0.6 is 0 Å². The number of aryl methyl sites for hydroxylation is 2. The highest BCUT2D eigenvalue weighted by atomic mass is 16.5. The van der Waals surface area contributed by atoms with Gasteiger partial charge in [-0.3, -0.25) is 4.79 Å². The summed E-state index contributed by atoms with van der Waals surface area (Å²) in [5.74, 6) is -1.29. The van der Waals surface area contributed by atoms with E-state index < -0.39 is 18.0 Å². The van der Waals surface area contributed by atoms with E-state index in [1.807, 2.05) is 19.9 Å². The zero-order valence-electron chi connectivity index (χ0n) is 15.8. The van der Waals surface area contributed by atoms with Gasteiger partial charge in [0.2, 0.25) is 5.78 Å². The second-order valence-corrected chi connectivity index (χ2v) is 6.19. The molecular formula is C22H22O5. The zero-order chi connectivity index (χ0) is 20.0. The summed E-state index contributed by atoms with van der Waals surface area (Å²) in [5, 5.41) is 0. The molecule has 5 heteroatoms. The third-order valence-corrected chi connectivity index (χ3v) is 4.20. The number of methoxy groups -OCH3 is 1. The lowest BCUT2D eigenvalue weighted by Gasteiger charge is -2.12. The fourth-order valence-electron chi connectivity index (χ4n) is 2.41. The van der Waals surface area contributed by atoms with Gasteiger partial charge < -0.3 is 9.47 Å². The van der Waals surface area contributed by atoms with E-state index in [0.717, 1.165) is 11.1 Å². The highest BCUT2D eigenvalue weighted by Gasteiger charge is 2.18. The highest BCUT2D eigenvalue weighted by molar-refractivity contribution is 6.01. The van der Waals surface area contributed by atoms with Crippen molar-refractivity contribution in [2.75, 3.05) is 7.11 Å². The van der Waals surface area contributed by atoms with Crippen molar-refractivity contribution >= 4 is 23.8 Å². The van der Waals surface area contributed by atoms with Crippen LogP contribution in [0.1, 0.15) is 44.3 Å². The van der Waals surface area contributed by atoms with Gasteiger partial charge in [-0.2, -0.15) is 0 Å². The number of rotatable bonds is 6. The van der Waals surface area contributed by atoms with Crippen molar-refractivity contribution in [2.45, 2.75) is 26.9 Å². The van der Waals surface area contributed by atoms with Crippen molar-refractivity contribution in [2.24, 2.45) is 0 Å². The molecule has 0 aliphatic rings. The molecule has 0 unspecified atom stereocenters. The number of ketones is 1. The first-order chi connectivity index (χ1) is 12.8. The number of Topliss-reactive ketones (excluding diaryl/α,β-unsaturated/α-hetero) is 1. The summed E-state index contributed by atoms with van der Waals surface area (Å²) < 4.78 is 9.82. The summed E-state index contributed by atoms with van der Waals surface area (Å²) in [5.41, 5.74) is 3.75. The van der Waals surface area contributed by atoms with Crippen molar-refractivity contribution in [1.82, 2.24) is 0 Å². The molecule has 0 aromatic heterocycles. The second kappa shape index (κ2) is 8.94. The van der Waals surface area contributed by atoms with Gasteiger partial charge in [-0.05, 0) is 61.7 Å². The Morgan fingerprint density at radius 2 is 1.56 bits per heavy atom. The van der Waals surface area contributed by atoms with E-state index in [1.165, 1.54) is 13.2 Å². The molecular weight excluding hydrogens is 344 g/mol. The number of hydrogen-bond acceptors (Lipinski definition) is 5. The molecule has 2 aromatic rings. The maximum absolute atomic E-state index is 12.4. The minimum atomic E-state index is -0.883. The van der Waals surface area contributed by atoms with Crippen LogP contribution in [0, 0.1) is 13.8 Å². The molecule has 140 valence electrons. The predicted molar refractivity (Wildman–Crippen MR) is 103 cm³/mol. The van der Waals surface area contributed by atoms with E-state index >= 15 is 0 Å². The summed E-state index contributed by atoms with van der Waals surface area (Å²) in [6.07, 6.45) is 1.92. The number of esters is 2. The number of benzene rings is 2. The van der Waals surface area contributed by atoms with E-state index in [0.29, 0.717) is 16.7 Å². The lowest BCUT2D eigenvalue weighted by molar-refractivity contribution is -0.140. The highest BCUT2D eigenvalue weighted by Crippen LogP contribution is 2.13. The SMILES string of the molecule is COC(=O)c1ccc(/C=C/C(=O)O[C@@H](C)C(=O)c2ccc(C)c(C)c2)cc1. The third kappa shape index (κ3) is 5.38. The minimum Gasteiger partial charge on any atom is -0.465 e. The number of ether oxygens (including phenoxy) is 2. The third-order valence-electron chi connectivity index (χ3n) is 4.20. The van der Waals surface area contributed by atoms with Gasteiger partial charge in [0.1, 0.15) is 0 Å². The van der Waals surface area contributed by atoms with Gasteiger partial charge in [0, 0.05) is 11.6 Å². The van der Waals surface area contributed by atoms with Crippen LogP contribution in [0.3, 0.4) is 0 Å². The minimum absolute atomic E-state index is 0.248. The summed E-state index contributed by atoms with van der Waals surface area (Å²) in [6.45, 7) is 5.45. The molecule has 0 fully saturated rings. The van der Waals surface area contributed by atoms with Crippen LogP contribution in [0.5, 0.6) is 0 Å². The largest absolute Gasteiger partial charge is 0.465 e. The lowest BCUT2D eigenvalue weighted by Crippen LogP contribution is -2.23. The molecule has 27 heavy (non-hydrogen) atoms. The molecule has 0 bridgehead atoms. The topological polar surface area (TPSA) is 69.7 Å². The molecule has 0 spiro atoms. The van der Waals surface area contributed by atoms with Crippen molar-refractivity contribution in [1.29, 1.82) is 0 Å². The van der Waals surface area contributed by atoms with Crippen molar-refractivity contribution in [3.05, 3.63) is 76.4 Å². The molecule has 0 aliphatic carbocycles. The zero-order valence-corrected chi connectivity index (χ0v) is 15.8. The van der Waals surface area contributed by atoms with Crippen LogP contribution in [0.4, 0.5) is 0 Å². The van der Waals surface area contributed by atoms with Crippen LogP contribution < -0.4 is 0 Å². The van der Waals surface area contributed by atoms with Crippen LogP contribution in [0.25, 0.3) is 6.08 Å². The number of carbonyl (C=O) groups excluding carboxylic acids is 3. The van der Waals surface area contributed by atoms with Gasteiger partial charge >= 0.3 is 11.9 Å². The van der Waals surface area contributed by atoms with E-state index in [9.17, 15) is 14.4 Å². The van der Waals surface area contributed by atoms with Crippen LogP contribution in [-0.2, 0) is 14.3 Å². The molecule has 0 heterocycles. The van der Waals surface area contributed by atoms with Crippen molar-refractivity contribution in [3.8, 4) is 0 Å². The van der Waals surface area contributed by atoms with Gasteiger partial charge in [-0.15, -0.1) is 0 Å². The standard InChI is InChI=1S/C22H22O5/c1-14-5-9-19(13-15(14)2)21(24)16(3)27-20(23)12-8-17-6-10-18(11-7-17)22(25)26-4/h5-13,16H,1-4H3/b12-8+/t16-/m0/s1. The Labute approximate surface area is 158 Å². The number of carbonyl (C=O) groups is 3. The Bertz CT molecular complexity index is 878. The Balaban J connectivity index is 1.97. The van der Waals surface area contributed by atoms with Crippen LogP contribution in [0.2, 0.25) is 0 Å². The summed E-state index contributed by atoms with van der Waals surface area (Å²) in [6, 6.07) is 12.0. The molecule has 0 N–H and O–H groups in total. The van der Waals surface area contributed by atoms with Gasteiger partial charge in [-0.1, -0.05) is 24.3 Å². The average Bonchev–Trinajstić information content (AvgIpc) is 2.67. The average molecular weight is 366 g/mol. The quantitative estimate of drug-likeness (QED) is 0.440. The summed E-state index contributed by atoms with van der Waals surface area (Å²) in [4.78, 5) is 35.8. The Kier molecular flexibility index (Phi) is 6.66. The van der Waals surface area contributed by atoms with Gasteiger partial charge in [0.05, 0.1) is 12.7 Å². The first kappa shape index (κ1) is 20.1. The lowest BCUT2D eigenvalue weighted by atomic mass is 10.0. The monoisotopic (exact) mass is 366 g/mol. The fraction of sp³-hybridized carbons (Fsp3) is 0.227. The molecule has 0 aliphatic heterocycles. The summed E-state index contributed by atoms with van der Waals surface area (Å²) in [7, 11) is 1.31. The number of hydrogen-bond donors (Lipinski definition) is 0. The Morgan fingerprint density at radius 1 is 0.926 bits per heavy atom. The molecule has 0 radical (unpaired) electrons. The summed E-state index contributed by atoms with van der Waals surface area (Å²) >= 11 is 0. The maximum atomic E-state index is 12.4. The van der Waals surface area contributed by atoms with E-state index in [4.69, 9.17) is 4.74 Å². The molecule has 0 saturated carbocycles. The first-order valence-corrected chi connectivity index (χ1v) is 8.50. The van der Waals surface area contributed by atoms with Crippen molar-refractivity contribution in [3.63, 3.8) is 0 Å². The fourth-order valence-corrected chi connectivity index (χ4v) is 2.41. The second-order valence-electron chi connectivity index (χ2n) is 6.19.